The summed E-state index contributed by atoms with van der Waals surface area (Å²) in [6, 6.07) is 16.9. The third kappa shape index (κ3) is 55.8. The van der Waals surface area contributed by atoms with Crippen molar-refractivity contribution in [1.82, 2.24) is 10.2 Å². The number of esters is 4. The molecule has 0 spiro atoms. The molecule has 91 heavy (non-hydrogen) atoms. The highest BCUT2D eigenvalue weighted by Crippen LogP contribution is 2.18. The van der Waals surface area contributed by atoms with Crippen molar-refractivity contribution in [3.63, 3.8) is 0 Å². The minimum absolute atomic E-state index is 0.0781. The van der Waals surface area contributed by atoms with Gasteiger partial charge in [0.05, 0.1) is 0 Å². The lowest BCUT2D eigenvalue weighted by atomic mass is 10.0. The number of unbranched alkanes of at least 4 members (excludes halogenated alkanes) is 24. The number of carbonyl (C=O) groups excluding carboxylic acids is 5. The van der Waals surface area contributed by atoms with Crippen LogP contribution in [0.5, 0.6) is 0 Å². The van der Waals surface area contributed by atoms with Crippen molar-refractivity contribution in [2.24, 2.45) is 0 Å². The lowest BCUT2D eigenvalue weighted by Crippen LogP contribution is -2.37. The van der Waals surface area contributed by atoms with Crippen molar-refractivity contribution in [3.05, 3.63) is 119 Å². The quantitative estimate of drug-likeness (QED) is 0.0292. The van der Waals surface area contributed by atoms with Crippen LogP contribution in [0.1, 0.15) is 302 Å². The van der Waals surface area contributed by atoms with Gasteiger partial charge >= 0.3 is 30.0 Å². The van der Waals surface area contributed by atoms with E-state index >= 15 is 0 Å². The van der Waals surface area contributed by atoms with Crippen LogP contribution in [0.3, 0.4) is 0 Å². The summed E-state index contributed by atoms with van der Waals surface area (Å²) in [5, 5.41) is 3.55. The summed E-state index contributed by atoms with van der Waals surface area (Å²) in [5.74, 6) is -0.491. The Hall–Kier alpha value is -5.49. The van der Waals surface area contributed by atoms with Crippen LogP contribution in [0.4, 0.5) is 4.79 Å². The maximum Gasteiger partial charge on any atom is 0.410 e. The van der Waals surface area contributed by atoms with E-state index in [0.717, 1.165) is 127 Å². The summed E-state index contributed by atoms with van der Waals surface area (Å²) in [4.78, 5) is 62.9. The highest BCUT2D eigenvalue weighted by Gasteiger charge is 2.22. The molecule has 0 atom stereocenters. The van der Waals surface area contributed by atoms with Crippen molar-refractivity contribution in [3.8, 4) is 0 Å². The Morgan fingerprint density at radius 3 is 1.14 bits per heavy atom. The number of rotatable bonds is 56. The Morgan fingerprint density at radius 2 is 0.736 bits per heavy atom. The van der Waals surface area contributed by atoms with Gasteiger partial charge < -0.3 is 33.9 Å². The molecule has 516 valence electrons. The highest BCUT2D eigenvalue weighted by molar-refractivity contribution is 5.70. The SMILES string of the molecule is CCCCCC/C=C\COC(=O)CCCCCCCN(Cc1cccc(CCCC(=O)OC/C=C\CCCCCC)c1)C(=O)OC(C)(C)C.CCCCCC/C=C\COC(=O)CCCCCCCNCc1cccc(CCCC(=O)OC/C=C\CCCCCC)c1. The van der Waals surface area contributed by atoms with Gasteiger partial charge in [-0.25, -0.2) is 4.79 Å². The molecular formula is C79H130N2O10. The van der Waals surface area contributed by atoms with Gasteiger partial charge in [-0.05, 0) is 152 Å². The Balaban J connectivity index is 0.000000921. The second-order valence-electron chi connectivity index (χ2n) is 25.5. The Morgan fingerprint density at radius 1 is 0.396 bits per heavy atom. The normalized spacial score (nSPS) is 11.6. The molecule has 1 amide bonds. The van der Waals surface area contributed by atoms with Gasteiger partial charge in [0.15, 0.2) is 0 Å². The van der Waals surface area contributed by atoms with E-state index in [1.54, 1.807) is 4.90 Å². The van der Waals surface area contributed by atoms with Crippen LogP contribution >= 0.6 is 0 Å². The lowest BCUT2D eigenvalue weighted by Gasteiger charge is -2.27. The van der Waals surface area contributed by atoms with E-state index in [4.69, 9.17) is 23.7 Å². The number of hydrogen-bond donors (Lipinski definition) is 1. The predicted octanol–water partition coefficient (Wildman–Crippen LogP) is 20.8. The molecule has 0 aliphatic carbocycles. The first kappa shape index (κ1) is 83.5. The summed E-state index contributed by atoms with van der Waals surface area (Å²) >= 11 is 0. The van der Waals surface area contributed by atoms with Crippen LogP contribution in [0.25, 0.3) is 0 Å². The first-order chi connectivity index (χ1) is 44.3. The smallest absolute Gasteiger partial charge is 0.410 e. The molecule has 0 aliphatic heterocycles. The highest BCUT2D eigenvalue weighted by atomic mass is 16.6. The molecule has 2 rings (SSSR count). The van der Waals surface area contributed by atoms with Crippen LogP contribution < -0.4 is 5.32 Å². The molecule has 2 aromatic rings. The van der Waals surface area contributed by atoms with E-state index in [0.29, 0.717) is 71.6 Å². The van der Waals surface area contributed by atoms with Crippen molar-refractivity contribution >= 4 is 30.0 Å². The number of carbonyl (C=O) groups is 5. The van der Waals surface area contributed by atoms with E-state index in [2.05, 4.69) is 93.7 Å². The molecule has 12 heteroatoms. The van der Waals surface area contributed by atoms with Gasteiger partial charge in [-0.1, -0.05) is 240 Å². The van der Waals surface area contributed by atoms with Crippen molar-refractivity contribution in [2.45, 2.75) is 311 Å². The predicted molar refractivity (Wildman–Crippen MR) is 378 cm³/mol. The molecular weight excluding hydrogens is 1140 g/mol. The molecule has 0 saturated heterocycles. The maximum absolute atomic E-state index is 13.1. The van der Waals surface area contributed by atoms with Crippen molar-refractivity contribution < 1.29 is 47.7 Å². The molecule has 0 radical (unpaired) electrons. The number of hydrogen-bond acceptors (Lipinski definition) is 11. The van der Waals surface area contributed by atoms with Gasteiger partial charge in [0, 0.05) is 45.3 Å². The van der Waals surface area contributed by atoms with Crippen molar-refractivity contribution in [2.75, 3.05) is 39.5 Å². The summed E-state index contributed by atoms with van der Waals surface area (Å²) in [6.45, 7) is 18.9. The minimum Gasteiger partial charge on any atom is -0.461 e. The van der Waals surface area contributed by atoms with E-state index in [9.17, 15) is 24.0 Å². The van der Waals surface area contributed by atoms with Crippen LogP contribution in [0.15, 0.2) is 97.1 Å². The van der Waals surface area contributed by atoms with E-state index in [1.807, 2.05) is 57.2 Å². The standard InChI is InChI=1S/C42H69NO6.C37H61NO4/c1-6-8-10-12-14-19-23-33-47-39(44)30-21-17-16-18-22-32-43(41(46)49-42(3,4)5)36-38-29-25-27-37(35-38)28-26-31-40(45)48-34-24-20-15-13-11-9-7-2;1-3-5-7-9-11-16-20-30-41-36(39)27-18-14-13-15-19-29-38-33-35-26-22-24-34(32-35)25-23-28-37(40)42-31-21-17-12-10-8-6-4-2/h19-20,23-25,27,29,35H,6-18,21-22,26,28,30-34,36H2,1-5H3;16-17,20-22,24,26,32,38H,3-15,18-19,23,25,27-31,33H2,1-2H3/b23-19-,24-20-;20-16-,21-17-. The monoisotopic (exact) mass is 1270 g/mol. The van der Waals surface area contributed by atoms with Gasteiger partial charge in [0.2, 0.25) is 0 Å². The van der Waals surface area contributed by atoms with E-state index < -0.39 is 5.60 Å². The van der Waals surface area contributed by atoms with Crippen LogP contribution in [-0.4, -0.2) is 80.0 Å². The fourth-order valence-corrected chi connectivity index (χ4v) is 10.2. The zero-order chi connectivity index (χ0) is 66.4. The number of allylic oxidation sites excluding steroid dienone is 4. The summed E-state index contributed by atoms with van der Waals surface area (Å²) in [5.41, 5.74) is 4.16. The molecule has 0 bridgehead atoms. The minimum atomic E-state index is -0.574. The topological polar surface area (TPSA) is 147 Å². The first-order valence-corrected chi connectivity index (χ1v) is 36.4. The largest absolute Gasteiger partial charge is 0.461 e. The average Bonchev–Trinajstić information content (AvgIpc) is 3.15. The zero-order valence-corrected chi connectivity index (χ0v) is 58.8. The zero-order valence-electron chi connectivity index (χ0n) is 58.8. The fourth-order valence-electron chi connectivity index (χ4n) is 10.2. The third-order valence-electron chi connectivity index (χ3n) is 15.5. The molecule has 0 fully saturated rings. The van der Waals surface area contributed by atoms with Crippen molar-refractivity contribution in [1.29, 1.82) is 0 Å². The summed E-state index contributed by atoms with van der Waals surface area (Å²) in [6.07, 6.45) is 55.3. The molecule has 2 aromatic carbocycles. The Bertz CT molecular complexity index is 2230. The average molecular weight is 1270 g/mol. The number of aryl methyl sites for hydroxylation is 2. The van der Waals surface area contributed by atoms with Crippen LogP contribution in [0.2, 0.25) is 0 Å². The second-order valence-corrected chi connectivity index (χ2v) is 25.5. The summed E-state index contributed by atoms with van der Waals surface area (Å²) < 4.78 is 27.0. The van der Waals surface area contributed by atoms with Crippen LogP contribution in [-0.2, 0) is 68.8 Å². The van der Waals surface area contributed by atoms with E-state index in [-0.39, 0.29) is 30.0 Å². The second kappa shape index (κ2) is 60.7. The lowest BCUT2D eigenvalue weighted by molar-refractivity contribution is -0.143. The van der Waals surface area contributed by atoms with Gasteiger partial charge in [0.25, 0.3) is 0 Å². The number of ether oxygens (including phenoxy) is 5. The van der Waals surface area contributed by atoms with Crippen LogP contribution in [0, 0.1) is 0 Å². The first-order valence-electron chi connectivity index (χ1n) is 36.4. The third-order valence-corrected chi connectivity index (χ3v) is 15.5. The number of benzene rings is 2. The van der Waals surface area contributed by atoms with Gasteiger partial charge in [-0.15, -0.1) is 0 Å². The Kier molecular flexibility index (Phi) is 55.7. The Labute approximate surface area is 555 Å². The maximum atomic E-state index is 13.1. The number of nitrogens with one attached hydrogen (secondary N) is 1. The van der Waals surface area contributed by atoms with E-state index in [1.165, 1.54) is 120 Å². The van der Waals surface area contributed by atoms with Gasteiger partial charge in [-0.2, -0.15) is 0 Å². The molecule has 1 N–H and O–H groups in total. The molecule has 12 nitrogen and oxygen atoms in total. The molecule has 0 aromatic heterocycles. The molecule has 0 heterocycles. The molecule has 0 saturated carbocycles. The molecule has 0 aliphatic rings. The molecule has 0 unspecified atom stereocenters. The number of nitrogens with zero attached hydrogens (tertiary/aromatic N) is 1. The number of amides is 1. The van der Waals surface area contributed by atoms with Gasteiger partial charge in [-0.3, -0.25) is 19.2 Å². The fraction of sp³-hybridized carbons (Fsp3) is 0.684. The summed E-state index contributed by atoms with van der Waals surface area (Å²) in [7, 11) is 0. The van der Waals surface area contributed by atoms with Gasteiger partial charge in [0.1, 0.15) is 32.0 Å².